The molecule has 2 heterocycles. The number of methoxy groups -OCH3 is 1. The zero-order valence-corrected chi connectivity index (χ0v) is 18.7. The molecule has 4 aromatic rings. The lowest BCUT2D eigenvalue weighted by atomic mass is 9.90. The molecule has 1 aliphatic heterocycles. The van der Waals surface area contributed by atoms with Crippen molar-refractivity contribution in [1.29, 1.82) is 0 Å². The predicted molar refractivity (Wildman–Crippen MR) is 129 cm³/mol. The zero-order valence-electron chi connectivity index (χ0n) is 18.0. The molecule has 0 bridgehead atoms. The van der Waals surface area contributed by atoms with Gasteiger partial charge in [-0.3, -0.25) is 0 Å². The van der Waals surface area contributed by atoms with E-state index in [1.807, 2.05) is 41.3 Å². The van der Waals surface area contributed by atoms with Crippen LogP contribution < -0.4 is 10.1 Å². The lowest BCUT2D eigenvalue weighted by Gasteiger charge is -2.37. The molecule has 6 heteroatoms. The normalized spacial score (nSPS) is 15.5. The Bertz CT molecular complexity index is 1300. The number of aryl methyl sites for hydroxylation is 1. The molecule has 1 aliphatic rings. The Balaban J connectivity index is 1.60. The summed E-state index contributed by atoms with van der Waals surface area (Å²) in [7, 11) is 1.68. The number of nitrogens with zero attached hydrogens (tertiary/aromatic N) is 1. The second kappa shape index (κ2) is 8.24. The number of ether oxygens (including phenoxy) is 1. The Morgan fingerprint density at radius 2 is 1.91 bits per heavy atom. The van der Waals surface area contributed by atoms with Crippen molar-refractivity contribution in [3.63, 3.8) is 0 Å². The maximum Gasteiger partial charge on any atom is 0.322 e. The molecule has 2 amide bonds. The number of carbonyl (C=O) groups is 1. The first-order valence-corrected chi connectivity index (χ1v) is 11.0. The molecule has 1 atom stereocenters. The molecule has 0 fully saturated rings. The van der Waals surface area contributed by atoms with Gasteiger partial charge in [0.1, 0.15) is 5.75 Å². The molecule has 2 N–H and O–H groups in total. The Morgan fingerprint density at radius 3 is 2.66 bits per heavy atom. The minimum Gasteiger partial charge on any atom is -0.497 e. The van der Waals surface area contributed by atoms with E-state index in [0.29, 0.717) is 11.6 Å². The Labute approximate surface area is 192 Å². The summed E-state index contributed by atoms with van der Waals surface area (Å²) in [6, 6.07) is 21.1. The lowest BCUT2D eigenvalue weighted by Crippen LogP contribution is -2.43. The molecule has 0 aliphatic carbocycles. The van der Waals surface area contributed by atoms with E-state index in [0.717, 1.165) is 45.6 Å². The maximum absolute atomic E-state index is 13.4. The van der Waals surface area contributed by atoms with Crippen LogP contribution in [0.15, 0.2) is 66.7 Å². The predicted octanol–water partition coefficient (Wildman–Crippen LogP) is 6.32. The molecule has 0 unspecified atom stereocenters. The summed E-state index contributed by atoms with van der Waals surface area (Å²) >= 11 is 6.00. The van der Waals surface area contributed by atoms with Crippen molar-refractivity contribution < 1.29 is 9.53 Å². The minimum absolute atomic E-state index is 0.137. The number of hydrogen-bond donors (Lipinski definition) is 2. The molecule has 0 saturated carbocycles. The molecular formula is C26H24ClN3O2. The van der Waals surface area contributed by atoms with Gasteiger partial charge in [0.05, 0.1) is 13.2 Å². The average Bonchev–Trinajstić information content (AvgIpc) is 3.18. The number of H-pyrrole nitrogens is 1. The molecule has 162 valence electrons. The highest BCUT2D eigenvalue weighted by atomic mass is 35.5. The number of nitrogens with one attached hydrogen (secondary N) is 2. The monoisotopic (exact) mass is 445 g/mol. The molecule has 32 heavy (non-hydrogen) atoms. The van der Waals surface area contributed by atoms with Crippen molar-refractivity contribution in [2.24, 2.45) is 0 Å². The number of anilines is 1. The average molecular weight is 446 g/mol. The molecule has 5 nitrogen and oxygen atoms in total. The number of aromatic amines is 1. The van der Waals surface area contributed by atoms with E-state index in [-0.39, 0.29) is 12.1 Å². The number of halogens is 1. The lowest BCUT2D eigenvalue weighted by molar-refractivity contribution is 0.193. The van der Waals surface area contributed by atoms with Gasteiger partial charge in [-0.15, -0.1) is 0 Å². The molecule has 5 rings (SSSR count). The molecule has 3 aromatic carbocycles. The Hall–Kier alpha value is -3.44. The number of fused-ring (bicyclic) bond motifs is 3. The van der Waals surface area contributed by atoms with Crippen LogP contribution in [0.3, 0.4) is 0 Å². The highest BCUT2D eigenvalue weighted by molar-refractivity contribution is 6.30. The van der Waals surface area contributed by atoms with E-state index in [9.17, 15) is 4.79 Å². The van der Waals surface area contributed by atoms with Crippen LogP contribution in [0, 0.1) is 6.92 Å². The zero-order chi connectivity index (χ0) is 22.2. The molecule has 0 radical (unpaired) electrons. The first-order valence-electron chi connectivity index (χ1n) is 10.6. The number of carbonyl (C=O) groups excluding carboxylic acids is 1. The second-order valence-electron chi connectivity index (χ2n) is 8.07. The van der Waals surface area contributed by atoms with Crippen LogP contribution in [0.1, 0.15) is 28.4 Å². The van der Waals surface area contributed by atoms with Crippen molar-refractivity contribution in [2.75, 3.05) is 19.0 Å². The smallest absolute Gasteiger partial charge is 0.322 e. The summed E-state index contributed by atoms with van der Waals surface area (Å²) in [5.74, 6) is 0.828. The van der Waals surface area contributed by atoms with Gasteiger partial charge in [-0.25, -0.2) is 4.79 Å². The van der Waals surface area contributed by atoms with Gasteiger partial charge in [-0.1, -0.05) is 35.9 Å². The number of aromatic nitrogens is 1. The van der Waals surface area contributed by atoms with Crippen molar-refractivity contribution in [2.45, 2.75) is 19.4 Å². The van der Waals surface area contributed by atoms with Crippen molar-refractivity contribution in [3.8, 4) is 5.75 Å². The number of hydrogen-bond acceptors (Lipinski definition) is 2. The van der Waals surface area contributed by atoms with Gasteiger partial charge in [0.15, 0.2) is 0 Å². The molecule has 0 spiro atoms. The molecule has 0 saturated heterocycles. The van der Waals surface area contributed by atoms with Crippen molar-refractivity contribution in [1.82, 2.24) is 9.88 Å². The third kappa shape index (κ3) is 3.59. The SMILES string of the molecule is COc1ccc2[nH]c3c(c2c1)CCN(C(=O)Nc1ccc(Cl)cc1)[C@@H]3c1ccccc1C. The molecule has 1 aromatic heterocycles. The third-order valence-corrected chi connectivity index (χ3v) is 6.43. The highest BCUT2D eigenvalue weighted by Crippen LogP contribution is 2.40. The Kier molecular flexibility index (Phi) is 5.27. The quantitative estimate of drug-likeness (QED) is 0.387. The summed E-state index contributed by atoms with van der Waals surface area (Å²) < 4.78 is 5.45. The van der Waals surface area contributed by atoms with E-state index in [1.165, 1.54) is 5.56 Å². The summed E-state index contributed by atoms with van der Waals surface area (Å²) in [5, 5.41) is 4.82. The summed E-state index contributed by atoms with van der Waals surface area (Å²) in [6.07, 6.45) is 0.763. The third-order valence-electron chi connectivity index (χ3n) is 6.17. The highest BCUT2D eigenvalue weighted by Gasteiger charge is 2.35. The van der Waals surface area contributed by atoms with Gasteiger partial charge in [0, 0.05) is 33.9 Å². The van der Waals surface area contributed by atoms with E-state index < -0.39 is 0 Å². The van der Waals surface area contributed by atoms with Crippen molar-refractivity contribution in [3.05, 3.63) is 94.1 Å². The Morgan fingerprint density at radius 1 is 1.12 bits per heavy atom. The van der Waals surface area contributed by atoms with Crippen LogP contribution >= 0.6 is 11.6 Å². The minimum atomic E-state index is -0.217. The van der Waals surface area contributed by atoms with Crippen molar-refractivity contribution >= 4 is 34.2 Å². The number of amides is 2. The van der Waals surface area contributed by atoms with Crippen LogP contribution in [-0.4, -0.2) is 29.6 Å². The first kappa shape index (κ1) is 20.5. The van der Waals surface area contributed by atoms with Crippen LogP contribution in [0.25, 0.3) is 10.9 Å². The molecular weight excluding hydrogens is 422 g/mol. The fourth-order valence-electron chi connectivity index (χ4n) is 4.56. The topological polar surface area (TPSA) is 57.4 Å². The van der Waals surface area contributed by atoms with Gasteiger partial charge in [0.2, 0.25) is 0 Å². The van der Waals surface area contributed by atoms with Gasteiger partial charge in [-0.05, 0) is 72.5 Å². The van der Waals surface area contributed by atoms with Crippen LogP contribution in [0.5, 0.6) is 5.75 Å². The fraction of sp³-hybridized carbons (Fsp3) is 0.192. The number of rotatable bonds is 3. The van der Waals surface area contributed by atoms with E-state index >= 15 is 0 Å². The van der Waals surface area contributed by atoms with Crippen LogP contribution in [0.2, 0.25) is 5.02 Å². The van der Waals surface area contributed by atoms with Gasteiger partial charge in [0.25, 0.3) is 0 Å². The number of urea groups is 1. The van der Waals surface area contributed by atoms with Gasteiger partial charge < -0.3 is 19.9 Å². The largest absolute Gasteiger partial charge is 0.497 e. The van der Waals surface area contributed by atoms with Crippen LogP contribution in [0.4, 0.5) is 10.5 Å². The summed E-state index contributed by atoms with van der Waals surface area (Å²) in [5.41, 5.74) is 6.32. The summed E-state index contributed by atoms with van der Waals surface area (Å²) in [6.45, 7) is 2.69. The van der Waals surface area contributed by atoms with Gasteiger partial charge >= 0.3 is 6.03 Å². The number of benzene rings is 3. The van der Waals surface area contributed by atoms with E-state index in [2.05, 4.69) is 35.4 Å². The van der Waals surface area contributed by atoms with Crippen LogP contribution in [-0.2, 0) is 6.42 Å². The van der Waals surface area contributed by atoms with E-state index in [4.69, 9.17) is 16.3 Å². The first-order chi connectivity index (χ1) is 15.5. The second-order valence-corrected chi connectivity index (χ2v) is 8.50. The maximum atomic E-state index is 13.4. The van der Waals surface area contributed by atoms with Gasteiger partial charge in [-0.2, -0.15) is 0 Å². The van der Waals surface area contributed by atoms with E-state index in [1.54, 1.807) is 19.2 Å². The standard InChI is InChI=1S/C26H24ClN3O2/c1-16-5-3-4-6-20(16)25-24-21(22-15-19(32-2)11-12-23(22)29-24)13-14-30(25)26(31)28-18-9-7-17(27)8-10-18/h3-12,15,25,29H,13-14H2,1-2H3,(H,28,31)/t25-/m1/s1. The fourth-order valence-corrected chi connectivity index (χ4v) is 4.68. The summed E-state index contributed by atoms with van der Waals surface area (Å²) in [4.78, 5) is 18.9.